The molecule has 0 aromatic heterocycles. The van der Waals surface area contributed by atoms with E-state index >= 15 is 0 Å². The van der Waals surface area contributed by atoms with E-state index in [-0.39, 0.29) is 11.3 Å². The van der Waals surface area contributed by atoms with E-state index in [9.17, 15) is 14.7 Å². The van der Waals surface area contributed by atoms with Gasteiger partial charge in [-0.1, -0.05) is 23.7 Å². The number of halogens is 1. The lowest BCUT2D eigenvalue weighted by Gasteiger charge is -2.29. The molecular weight excluding hydrogens is 472 g/mol. The summed E-state index contributed by atoms with van der Waals surface area (Å²) >= 11 is 6.09. The zero-order chi connectivity index (χ0) is 24.9. The number of aliphatic hydroxyl groups is 1. The molecule has 1 N–H and O–H groups in total. The second-order valence-electron chi connectivity index (χ2n) is 8.42. The maximum atomic E-state index is 13.2. The lowest BCUT2D eigenvalue weighted by atomic mass is 9.95. The number of amides is 1. The fraction of sp³-hybridized carbons (Fsp3) is 0.385. The summed E-state index contributed by atoms with van der Waals surface area (Å²) < 4.78 is 16.0. The van der Waals surface area contributed by atoms with Gasteiger partial charge < -0.3 is 24.2 Å². The number of aliphatic hydroxyl groups excluding tert-OH is 1. The number of hydrogen-bond acceptors (Lipinski definition) is 7. The minimum Gasteiger partial charge on any atom is -0.507 e. The molecule has 0 spiro atoms. The highest BCUT2D eigenvalue weighted by atomic mass is 35.5. The Hall–Kier alpha value is -3.07. The Bertz CT molecular complexity index is 1110. The quantitative estimate of drug-likeness (QED) is 0.337. The Morgan fingerprint density at radius 2 is 1.71 bits per heavy atom. The summed E-state index contributed by atoms with van der Waals surface area (Å²) in [5.74, 6) is -0.723. The highest BCUT2D eigenvalue weighted by Gasteiger charge is 2.45. The smallest absolute Gasteiger partial charge is 0.295 e. The normalized spacial score (nSPS) is 20.3. The molecule has 0 radical (unpaired) electrons. The highest BCUT2D eigenvalue weighted by Crippen LogP contribution is 2.41. The predicted octanol–water partition coefficient (Wildman–Crippen LogP) is 3.50. The van der Waals surface area contributed by atoms with Gasteiger partial charge in [-0.3, -0.25) is 14.5 Å². The monoisotopic (exact) mass is 500 g/mol. The number of benzene rings is 2. The largest absolute Gasteiger partial charge is 0.507 e. The zero-order valence-electron chi connectivity index (χ0n) is 19.8. The minimum absolute atomic E-state index is 0.0379. The SMILES string of the molecule is COc1ccc(/C(O)=C2\C(=O)C(=O)N(CCCN3CCOCC3)[C@H]2c2ccc(Cl)cc2)cc1OC. The Kier molecular flexibility index (Phi) is 7.95. The number of carbonyl (C=O) groups is 2. The van der Waals surface area contributed by atoms with Gasteiger partial charge in [-0.05, 0) is 42.3 Å². The number of carbonyl (C=O) groups excluding carboxylic acids is 2. The summed E-state index contributed by atoms with van der Waals surface area (Å²) in [7, 11) is 3.00. The highest BCUT2D eigenvalue weighted by molar-refractivity contribution is 6.46. The average Bonchev–Trinajstić information content (AvgIpc) is 3.14. The van der Waals surface area contributed by atoms with Crippen molar-refractivity contribution in [2.24, 2.45) is 0 Å². The van der Waals surface area contributed by atoms with Crippen LogP contribution >= 0.6 is 11.6 Å². The maximum Gasteiger partial charge on any atom is 0.295 e. The van der Waals surface area contributed by atoms with E-state index in [4.69, 9.17) is 25.8 Å². The van der Waals surface area contributed by atoms with Crippen LogP contribution in [-0.2, 0) is 14.3 Å². The first-order valence-corrected chi connectivity index (χ1v) is 11.9. The second-order valence-corrected chi connectivity index (χ2v) is 8.86. The lowest BCUT2D eigenvalue weighted by molar-refractivity contribution is -0.140. The molecule has 0 unspecified atom stereocenters. The van der Waals surface area contributed by atoms with Crippen LogP contribution in [0.2, 0.25) is 5.02 Å². The standard InChI is InChI=1S/C26H29ClN2O6/c1-33-20-9-6-18(16-21(20)34-2)24(30)22-23(17-4-7-19(27)8-5-17)29(26(32)25(22)31)11-3-10-28-12-14-35-15-13-28/h4-9,16,23,30H,3,10-15H2,1-2H3/b24-22+/t23-/m0/s1. The number of methoxy groups -OCH3 is 2. The van der Waals surface area contributed by atoms with Crippen LogP contribution in [0, 0.1) is 0 Å². The van der Waals surface area contributed by atoms with Gasteiger partial charge in [-0.15, -0.1) is 0 Å². The first kappa shape index (κ1) is 25.0. The van der Waals surface area contributed by atoms with Crippen molar-refractivity contribution in [1.29, 1.82) is 0 Å². The summed E-state index contributed by atoms with van der Waals surface area (Å²) in [5, 5.41) is 11.8. The summed E-state index contributed by atoms with van der Waals surface area (Å²) in [6.07, 6.45) is 0.688. The van der Waals surface area contributed by atoms with Crippen molar-refractivity contribution in [1.82, 2.24) is 9.80 Å². The molecule has 2 aliphatic heterocycles. The minimum atomic E-state index is -0.731. The average molecular weight is 501 g/mol. The Morgan fingerprint density at radius 1 is 1.03 bits per heavy atom. The van der Waals surface area contributed by atoms with E-state index in [0.717, 1.165) is 19.6 Å². The van der Waals surface area contributed by atoms with Crippen LogP contribution in [-0.4, -0.2) is 80.2 Å². The topological polar surface area (TPSA) is 88.5 Å². The number of nitrogens with zero attached hydrogens (tertiary/aromatic N) is 2. The van der Waals surface area contributed by atoms with Crippen LogP contribution in [0.3, 0.4) is 0 Å². The molecule has 0 saturated carbocycles. The number of morpholine rings is 1. The third-order valence-electron chi connectivity index (χ3n) is 6.36. The molecular formula is C26H29ClN2O6. The van der Waals surface area contributed by atoms with Gasteiger partial charge >= 0.3 is 0 Å². The molecule has 2 aliphatic rings. The van der Waals surface area contributed by atoms with Crippen molar-refractivity contribution >= 4 is 29.1 Å². The van der Waals surface area contributed by atoms with Crippen LogP contribution in [0.4, 0.5) is 0 Å². The third kappa shape index (κ3) is 5.29. The number of ketones is 1. The molecule has 35 heavy (non-hydrogen) atoms. The molecule has 4 rings (SSSR count). The van der Waals surface area contributed by atoms with Crippen LogP contribution in [0.15, 0.2) is 48.0 Å². The van der Waals surface area contributed by atoms with Crippen molar-refractivity contribution in [3.8, 4) is 11.5 Å². The van der Waals surface area contributed by atoms with Gasteiger partial charge in [0.25, 0.3) is 11.7 Å². The van der Waals surface area contributed by atoms with E-state index in [2.05, 4.69) is 4.90 Å². The van der Waals surface area contributed by atoms with Gasteiger partial charge in [0.15, 0.2) is 11.5 Å². The molecule has 2 saturated heterocycles. The van der Waals surface area contributed by atoms with Crippen molar-refractivity contribution in [2.45, 2.75) is 12.5 Å². The van der Waals surface area contributed by atoms with Crippen molar-refractivity contribution in [3.63, 3.8) is 0 Å². The van der Waals surface area contributed by atoms with E-state index in [1.165, 1.54) is 14.2 Å². The van der Waals surface area contributed by atoms with Crippen LogP contribution in [0.5, 0.6) is 11.5 Å². The second kappa shape index (κ2) is 11.1. The summed E-state index contributed by atoms with van der Waals surface area (Å²) in [5.41, 5.74) is 1.09. The van der Waals surface area contributed by atoms with Crippen LogP contribution < -0.4 is 9.47 Å². The number of rotatable bonds is 8. The van der Waals surface area contributed by atoms with Crippen LogP contribution in [0.1, 0.15) is 23.6 Å². The molecule has 1 atom stereocenters. The molecule has 9 heteroatoms. The lowest BCUT2D eigenvalue weighted by Crippen LogP contribution is -2.38. The summed E-state index contributed by atoms with van der Waals surface area (Å²) in [6.45, 7) is 4.24. The summed E-state index contributed by atoms with van der Waals surface area (Å²) in [6, 6.07) is 11.1. The van der Waals surface area contributed by atoms with E-state index < -0.39 is 17.7 Å². The van der Waals surface area contributed by atoms with E-state index in [1.807, 2.05) is 0 Å². The molecule has 2 aromatic carbocycles. The van der Waals surface area contributed by atoms with E-state index in [1.54, 1.807) is 47.4 Å². The number of hydrogen-bond donors (Lipinski definition) is 1. The molecule has 2 aromatic rings. The first-order chi connectivity index (χ1) is 16.9. The molecule has 0 aliphatic carbocycles. The maximum absolute atomic E-state index is 13.2. The van der Waals surface area contributed by atoms with Gasteiger partial charge in [0, 0.05) is 36.8 Å². The Balaban J connectivity index is 1.69. The molecule has 2 heterocycles. The van der Waals surface area contributed by atoms with Crippen molar-refractivity contribution in [2.75, 3.05) is 53.6 Å². The van der Waals surface area contributed by atoms with Gasteiger partial charge in [0.05, 0.1) is 39.0 Å². The van der Waals surface area contributed by atoms with E-state index in [0.29, 0.717) is 53.8 Å². The molecule has 0 bridgehead atoms. The van der Waals surface area contributed by atoms with Gasteiger partial charge in [-0.2, -0.15) is 0 Å². The van der Waals surface area contributed by atoms with Gasteiger partial charge in [0.1, 0.15) is 5.76 Å². The molecule has 186 valence electrons. The third-order valence-corrected chi connectivity index (χ3v) is 6.61. The number of likely N-dealkylation sites (tertiary alicyclic amines) is 1. The van der Waals surface area contributed by atoms with Crippen molar-refractivity contribution in [3.05, 3.63) is 64.2 Å². The number of Topliss-reactive ketones (excluding diaryl/α,β-unsaturated/α-hetero) is 1. The molecule has 2 fully saturated rings. The Labute approximate surface area is 209 Å². The summed E-state index contributed by atoms with van der Waals surface area (Å²) in [4.78, 5) is 30.2. The fourth-order valence-corrected chi connectivity index (χ4v) is 4.66. The predicted molar refractivity (Wildman–Crippen MR) is 132 cm³/mol. The molecule has 8 nitrogen and oxygen atoms in total. The fourth-order valence-electron chi connectivity index (χ4n) is 4.53. The van der Waals surface area contributed by atoms with Crippen molar-refractivity contribution < 1.29 is 28.9 Å². The first-order valence-electron chi connectivity index (χ1n) is 11.5. The zero-order valence-corrected chi connectivity index (χ0v) is 20.6. The van der Waals surface area contributed by atoms with Crippen LogP contribution in [0.25, 0.3) is 5.76 Å². The Morgan fingerprint density at radius 3 is 2.37 bits per heavy atom. The molecule has 1 amide bonds. The number of ether oxygens (including phenoxy) is 3. The van der Waals surface area contributed by atoms with Gasteiger partial charge in [-0.25, -0.2) is 0 Å². The van der Waals surface area contributed by atoms with Gasteiger partial charge in [0.2, 0.25) is 0 Å².